The Hall–Kier alpha value is -2.35. The van der Waals surface area contributed by atoms with Crippen LogP contribution >= 0.6 is 0 Å². The molecule has 3 amide bonds. The molecular weight excluding hydrogens is 324 g/mol. The average Bonchev–Trinajstić information content (AvgIpc) is 3.02. The van der Waals surface area contributed by atoms with Crippen molar-refractivity contribution in [3.8, 4) is 0 Å². The minimum Gasteiger partial charge on any atom is -0.370 e. The van der Waals surface area contributed by atoms with Crippen molar-refractivity contribution in [3.05, 3.63) is 24.0 Å². The zero-order chi connectivity index (χ0) is 18.2. The fourth-order valence-corrected chi connectivity index (χ4v) is 2.63. The quantitative estimate of drug-likeness (QED) is 0.565. The Balaban J connectivity index is 1.88. The highest BCUT2D eigenvalue weighted by molar-refractivity contribution is 5.88. The molecule has 8 heteroatoms. The summed E-state index contributed by atoms with van der Waals surface area (Å²) in [4.78, 5) is 39.0. The van der Waals surface area contributed by atoms with E-state index in [0.29, 0.717) is 13.0 Å². The number of nitrogens with one attached hydrogen (secondary N) is 4. The molecule has 0 aliphatic carbocycles. The Morgan fingerprint density at radius 3 is 2.88 bits per heavy atom. The number of hydrogen-bond donors (Lipinski definition) is 4. The van der Waals surface area contributed by atoms with Crippen LogP contribution in [0.5, 0.6) is 0 Å². The second-order valence-electron chi connectivity index (χ2n) is 6.52. The van der Waals surface area contributed by atoms with Gasteiger partial charge in [-0.2, -0.15) is 0 Å². The van der Waals surface area contributed by atoms with Gasteiger partial charge in [0.1, 0.15) is 12.6 Å². The molecule has 2 unspecified atom stereocenters. The predicted octanol–water partition coefficient (Wildman–Crippen LogP) is -0.281. The van der Waals surface area contributed by atoms with Crippen molar-refractivity contribution in [3.63, 3.8) is 0 Å². The lowest BCUT2D eigenvalue weighted by Gasteiger charge is -2.26. The molecule has 1 aromatic heterocycles. The SMILES string of the molecule is CC(C)C(NC(=O)Cc1ccc[nH]1)C(=O)NC1CCNC(=O)COC1. The van der Waals surface area contributed by atoms with E-state index < -0.39 is 6.04 Å². The van der Waals surface area contributed by atoms with Crippen LogP contribution in [0.4, 0.5) is 0 Å². The first kappa shape index (κ1) is 19.0. The summed E-state index contributed by atoms with van der Waals surface area (Å²) < 4.78 is 5.27. The Bertz CT molecular complexity index is 573. The van der Waals surface area contributed by atoms with E-state index in [1.54, 1.807) is 6.20 Å². The number of aromatic amines is 1. The molecule has 0 aromatic carbocycles. The molecule has 1 fully saturated rings. The van der Waals surface area contributed by atoms with Gasteiger partial charge in [-0.3, -0.25) is 14.4 Å². The first-order chi connectivity index (χ1) is 12.0. The van der Waals surface area contributed by atoms with Gasteiger partial charge in [-0.15, -0.1) is 0 Å². The number of aromatic nitrogens is 1. The molecular formula is C17H26N4O4. The molecule has 0 bridgehead atoms. The van der Waals surface area contributed by atoms with Crippen molar-refractivity contribution in [2.24, 2.45) is 5.92 Å². The van der Waals surface area contributed by atoms with Crippen molar-refractivity contribution in [2.45, 2.75) is 38.8 Å². The molecule has 138 valence electrons. The van der Waals surface area contributed by atoms with Crippen LogP contribution in [-0.4, -0.2) is 54.5 Å². The molecule has 0 saturated carbocycles. The van der Waals surface area contributed by atoms with Gasteiger partial charge in [-0.05, 0) is 24.5 Å². The monoisotopic (exact) mass is 350 g/mol. The van der Waals surface area contributed by atoms with Gasteiger partial charge < -0.3 is 25.7 Å². The van der Waals surface area contributed by atoms with E-state index in [1.165, 1.54) is 0 Å². The summed E-state index contributed by atoms with van der Waals surface area (Å²) >= 11 is 0. The maximum absolute atomic E-state index is 12.6. The third kappa shape index (κ3) is 6.22. The first-order valence-electron chi connectivity index (χ1n) is 8.52. The molecule has 0 radical (unpaired) electrons. The topological polar surface area (TPSA) is 112 Å². The van der Waals surface area contributed by atoms with Crippen molar-refractivity contribution >= 4 is 17.7 Å². The summed E-state index contributed by atoms with van der Waals surface area (Å²) in [6, 6.07) is 2.82. The van der Waals surface area contributed by atoms with Gasteiger partial charge in [0.05, 0.1) is 19.1 Å². The van der Waals surface area contributed by atoms with Crippen molar-refractivity contribution in [1.29, 1.82) is 0 Å². The predicted molar refractivity (Wildman–Crippen MR) is 91.6 cm³/mol. The van der Waals surface area contributed by atoms with Crippen molar-refractivity contribution < 1.29 is 19.1 Å². The molecule has 4 N–H and O–H groups in total. The number of amides is 3. The van der Waals surface area contributed by atoms with Gasteiger partial charge in [-0.1, -0.05) is 13.8 Å². The molecule has 25 heavy (non-hydrogen) atoms. The highest BCUT2D eigenvalue weighted by Crippen LogP contribution is 2.05. The molecule has 2 rings (SSSR count). The van der Waals surface area contributed by atoms with E-state index in [-0.39, 0.29) is 49.3 Å². The number of ether oxygens (including phenoxy) is 1. The zero-order valence-corrected chi connectivity index (χ0v) is 14.6. The van der Waals surface area contributed by atoms with Crippen molar-refractivity contribution in [2.75, 3.05) is 19.8 Å². The van der Waals surface area contributed by atoms with Gasteiger partial charge in [0.25, 0.3) is 0 Å². The van der Waals surface area contributed by atoms with Gasteiger partial charge in [0, 0.05) is 18.4 Å². The summed E-state index contributed by atoms with van der Waals surface area (Å²) in [6.07, 6.45) is 2.53. The second kappa shape index (κ2) is 9.22. The van der Waals surface area contributed by atoms with Crippen LogP contribution in [0.1, 0.15) is 26.0 Å². The van der Waals surface area contributed by atoms with Crippen LogP contribution in [0.3, 0.4) is 0 Å². The lowest BCUT2D eigenvalue weighted by atomic mass is 10.0. The molecule has 8 nitrogen and oxygen atoms in total. The standard InChI is InChI=1S/C17H26N4O4/c1-11(2)16(21-14(22)8-12-4-3-6-18-12)17(24)20-13-5-7-19-15(23)10-25-9-13/h3-4,6,11,13,16,18H,5,7-10H2,1-2H3,(H,19,23)(H,20,24)(H,21,22). The molecule has 1 aliphatic rings. The normalized spacial score (nSPS) is 19.5. The van der Waals surface area contributed by atoms with E-state index >= 15 is 0 Å². The van der Waals surface area contributed by atoms with Crippen LogP contribution in [0.2, 0.25) is 0 Å². The summed E-state index contributed by atoms with van der Waals surface area (Å²) in [5, 5.41) is 8.42. The molecule has 1 aliphatic heterocycles. The number of carbonyl (C=O) groups is 3. The lowest BCUT2D eigenvalue weighted by Crippen LogP contribution is -2.54. The smallest absolute Gasteiger partial charge is 0.246 e. The van der Waals surface area contributed by atoms with E-state index in [2.05, 4.69) is 20.9 Å². The van der Waals surface area contributed by atoms with Gasteiger partial charge >= 0.3 is 0 Å². The van der Waals surface area contributed by atoms with Gasteiger partial charge in [0.2, 0.25) is 17.7 Å². The molecule has 0 spiro atoms. The molecule has 1 aromatic rings. The van der Waals surface area contributed by atoms with E-state index in [4.69, 9.17) is 4.74 Å². The number of rotatable bonds is 6. The van der Waals surface area contributed by atoms with Crippen molar-refractivity contribution in [1.82, 2.24) is 20.9 Å². The Morgan fingerprint density at radius 2 is 2.20 bits per heavy atom. The summed E-state index contributed by atoms with van der Waals surface area (Å²) in [7, 11) is 0. The summed E-state index contributed by atoms with van der Waals surface area (Å²) in [6.45, 7) is 4.52. The van der Waals surface area contributed by atoms with E-state index in [1.807, 2.05) is 26.0 Å². The summed E-state index contributed by atoms with van der Waals surface area (Å²) in [5.41, 5.74) is 0.796. The molecule has 2 atom stereocenters. The molecule has 1 saturated heterocycles. The summed E-state index contributed by atoms with van der Waals surface area (Å²) in [5.74, 6) is -0.656. The van der Waals surface area contributed by atoms with Crippen LogP contribution < -0.4 is 16.0 Å². The van der Waals surface area contributed by atoms with Crippen LogP contribution in [0, 0.1) is 5.92 Å². The number of hydrogen-bond acceptors (Lipinski definition) is 4. The third-order valence-corrected chi connectivity index (χ3v) is 3.99. The van der Waals surface area contributed by atoms with E-state index in [9.17, 15) is 14.4 Å². The first-order valence-corrected chi connectivity index (χ1v) is 8.52. The van der Waals surface area contributed by atoms with E-state index in [0.717, 1.165) is 5.69 Å². The third-order valence-electron chi connectivity index (χ3n) is 3.99. The van der Waals surface area contributed by atoms with Crippen LogP contribution in [0.25, 0.3) is 0 Å². The lowest BCUT2D eigenvalue weighted by molar-refractivity contribution is -0.131. The van der Waals surface area contributed by atoms with Crippen LogP contribution in [-0.2, 0) is 25.5 Å². The zero-order valence-electron chi connectivity index (χ0n) is 14.6. The van der Waals surface area contributed by atoms with Gasteiger partial charge in [-0.25, -0.2) is 0 Å². The fraction of sp³-hybridized carbons (Fsp3) is 0.588. The minimum absolute atomic E-state index is 0.00708. The Morgan fingerprint density at radius 1 is 1.40 bits per heavy atom. The number of H-pyrrole nitrogens is 1. The maximum atomic E-state index is 12.6. The number of carbonyl (C=O) groups excluding carboxylic acids is 3. The maximum Gasteiger partial charge on any atom is 0.246 e. The minimum atomic E-state index is -0.623. The largest absolute Gasteiger partial charge is 0.370 e. The highest BCUT2D eigenvalue weighted by atomic mass is 16.5. The Labute approximate surface area is 147 Å². The Kier molecular flexibility index (Phi) is 7.00. The van der Waals surface area contributed by atoms with Crippen LogP contribution in [0.15, 0.2) is 18.3 Å². The fourth-order valence-electron chi connectivity index (χ4n) is 2.63. The second-order valence-corrected chi connectivity index (χ2v) is 6.52. The average molecular weight is 350 g/mol. The molecule has 2 heterocycles. The van der Waals surface area contributed by atoms with Gasteiger partial charge in [0.15, 0.2) is 0 Å². The highest BCUT2D eigenvalue weighted by Gasteiger charge is 2.26.